The number of nitrogens with two attached hydrogens (primary N) is 1. The Bertz CT molecular complexity index is 1010. The molecule has 0 amide bonds. The molecule has 0 aliphatic rings. The zero-order valence-electron chi connectivity index (χ0n) is 19.4. The number of aromatic nitrogens is 1. The predicted octanol–water partition coefficient (Wildman–Crippen LogP) is 8.02. The molecule has 1 atom stereocenters. The summed E-state index contributed by atoms with van der Waals surface area (Å²) in [6.07, 6.45) is 5.19. The number of hydrogen-bond donors (Lipinski definition) is 1. The van der Waals surface area contributed by atoms with Crippen molar-refractivity contribution in [3.8, 4) is 12.8 Å². The van der Waals surface area contributed by atoms with E-state index in [2.05, 4.69) is 24.4 Å². The van der Waals surface area contributed by atoms with Crippen LogP contribution in [0.25, 0.3) is 0 Å². The minimum atomic E-state index is -4.62. The van der Waals surface area contributed by atoms with E-state index in [1.807, 2.05) is 44.2 Å². The Balaban J connectivity index is 0.00000121. The van der Waals surface area contributed by atoms with Crippen molar-refractivity contribution in [2.45, 2.75) is 39.3 Å². The predicted molar refractivity (Wildman–Crippen MR) is 133 cm³/mol. The van der Waals surface area contributed by atoms with Gasteiger partial charge in [-0.15, -0.1) is 12.8 Å². The Morgan fingerprint density at radius 1 is 1.06 bits per heavy atom. The van der Waals surface area contributed by atoms with E-state index in [1.54, 1.807) is 19.1 Å². The van der Waals surface area contributed by atoms with E-state index >= 15 is 0 Å². The van der Waals surface area contributed by atoms with Crippen molar-refractivity contribution in [2.24, 2.45) is 5.73 Å². The Labute approximate surface area is 204 Å². The van der Waals surface area contributed by atoms with Crippen LogP contribution in [0.4, 0.5) is 17.6 Å². The van der Waals surface area contributed by atoms with Gasteiger partial charge >= 0.3 is 6.18 Å². The van der Waals surface area contributed by atoms with E-state index in [0.29, 0.717) is 28.9 Å². The van der Waals surface area contributed by atoms with Gasteiger partial charge in [0.05, 0.1) is 10.6 Å². The zero-order valence-corrected chi connectivity index (χ0v) is 20.2. The molecule has 1 heterocycles. The van der Waals surface area contributed by atoms with Crippen LogP contribution in [0.5, 0.6) is 0 Å². The molecule has 182 valence electrons. The average Bonchev–Trinajstić information content (AvgIpc) is 2.80. The number of alkyl halides is 3. The third-order valence-corrected chi connectivity index (χ3v) is 4.26. The van der Waals surface area contributed by atoms with E-state index in [4.69, 9.17) is 17.3 Å². The van der Waals surface area contributed by atoms with Crippen LogP contribution < -0.4 is 5.73 Å². The molecule has 0 saturated carbocycles. The highest BCUT2D eigenvalue weighted by atomic mass is 35.5. The summed E-state index contributed by atoms with van der Waals surface area (Å²) in [6.45, 7) is 9.08. The summed E-state index contributed by atoms with van der Waals surface area (Å²) in [5.41, 5.74) is 6.22. The molecule has 3 aromatic rings. The number of nitrogens with zero attached hydrogens (tertiary/aromatic N) is 1. The molecule has 1 unspecified atom stereocenters. The van der Waals surface area contributed by atoms with Gasteiger partial charge in [-0.25, -0.2) is 4.39 Å². The van der Waals surface area contributed by atoms with Gasteiger partial charge in [-0.1, -0.05) is 62.4 Å². The number of hydrogen-bond acceptors (Lipinski definition) is 2. The maximum Gasteiger partial charge on any atom is 0.416 e. The summed E-state index contributed by atoms with van der Waals surface area (Å²) in [5, 5.41) is 0.419. The van der Waals surface area contributed by atoms with Gasteiger partial charge in [-0.3, -0.25) is 4.98 Å². The molecule has 34 heavy (non-hydrogen) atoms. The Hall–Kier alpha value is -3.30. The molecule has 0 bridgehead atoms. The molecule has 0 aliphatic carbocycles. The maximum atomic E-state index is 13.9. The van der Waals surface area contributed by atoms with Crippen LogP contribution >= 0.6 is 11.6 Å². The highest BCUT2D eigenvalue weighted by Gasteiger charge is 2.32. The summed E-state index contributed by atoms with van der Waals surface area (Å²) < 4.78 is 53.2. The van der Waals surface area contributed by atoms with Gasteiger partial charge in [0.2, 0.25) is 0 Å². The van der Waals surface area contributed by atoms with Gasteiger partial charge in [0.1, 0.15) is 5.82 Å². The van der Waals surface area contributed by atoms with E-state index < -0.39 is 23.5 Å². The standard InChI is InChI=1S/C20H14ClF4N.C3H7N.C2H6.C2H2/c21-16-6-7-19(26-12-16)18(8-13-4-2-1-3-5-13)14-9-15(20(23,24)25)11-17(22)10-14;1-3(2)4;2*1-2/h1-7,9-12,18H,8H2;1,4H2,2H3;1-2H3;1-2H. The van der Waals surface area contributed by atoms with Crippen LogP contribution in [0.15, 0.2) is 79.1 Å². The third kappa shape index (κ3) is 11.0. The topological polar surface area (TPSA) is 38.9 Å². The summed E-state index contributed by atoms with van der Waals surface area (Å²) in [5.74, 6) is -1.46. The van der Waals surface area contributed by atoms with Crippen LogP contribution in [-0.2, 0) is 12.6 Å². The minimum Gasteiger partial charge on any atom is -0.403 e. The van der Waals surface area contributed by atoms with Crippen LogP contribution in [-0.4, -0.2) is 4.98 Å². The third-order valence-electron chi connectivity index (χ3n) is 4.04. The largest absolute Gasteiger partial charge is 0.416 e. The summed E-state index contributed by atoms with van der Waals surface area (Å²) in [4.78, 5) is 4.24. The lowest BCUT2D eigenvalue weighted by Crippen LogP contribution is -2.11. The van der Waals surface area contributed by atoms with Crippen molar-refractivity contribution in [3.63, 3.8) is 0 Å². The Kier molecular flexibility index (Phi) is 14.0. The fourth-order valence-electron chi connectivity index (χ4n) is 2.81. The summed E-state index contributed by atoms with van der Waals surface area (Å²) in [7, 11) is 0. The molecule has 0 fully saturated rings. The van der Waals surface area contributed by atoms with Crippen molar-refractivity contribution < 1.29 is 17.6 Å². The van der Waals surface area contributed by atoms with Crippen molar-refractivity contribution in [3.05, 3.63) is 112 Å². The number of benzene rings is 2. The smallest absolute Gasteiger partial charge is 0.403 e. The molecule has 0 radical (unpaired) electrons. The van der Waals surface area contributed by atoms with E-state index in [9.17, 15) is 17.6 Å². The summed E-state index contributed by atoms with van der Waals surface area (Å²) >= 11 is 5.86. The van der Waals surface area contributed by atoms with Crippen LogP contribution in [0.2, 0.25) is 5.02 Å². The number of rotatable bonds is 4. The highest BCUT2D eigenvalue weighted by Crippen LogP contribution is 2.35. The zero-order chi connectivity index (χ0) is 26.3. The normalized spacial score (nSPS) is 10.8. The SMILES string of the molecule is C#C.C=C(C)N.CC.Fc1cc(C(Cc2ccccc2)c2ccc(Cl)cn2)cc(C(F)(F)F)c1. The van der Waals surface area contributed by atoms with Crippen LogP contribution in [0, 0.1) is 18.7 Å². The maximum absolute atomic E-state index is 13.9. The first kappa shape index (κ1) is 30.7. The first-order chi connectivity index (χ1) is 16.1. The van der Waals surface area contributed by atoms with Crippen LogP contribution in [0.1, 0.15) is 49.1 Å². The minimum absolute atomic E-state index is 0.219. The number of allylic oxidation sites excluding steroid dienone is 1. The molecule has 2 N–H and O–H groups in total. The lowest BCUT2D eigenvalue weighted by Gasteiger charge is -2.19. The van der Waals surface area contributed by atoms with Crippen molar-refractivity contribution >= 4 is 11.6 Å². The lowest BCUT2D eigenvalue weighted by molar-refractivity contribution is -0.137. The van der Waals surface area contributed by atoms with Gasteiger partial charge < -0.3 is 5.73 Å². The monoisotopic (exact) mass is 492 g/mol. The first-order valence-corrected chi connectivity index (χ1v) is 10.7. The van der Waals surface area contributed by atoms with Crippen molar-refractivity contribution in [1.82, 2.24) is 4.98 Å². The fourth-order valence-corrected chi connectivity index (χ4v) is 2.93. The molecule has 3 rings (SSSR count). The van der Waals surface area contributed by atoms with Gasteiger partial charge in [0, 0.05) is 17.8 Å². The summed E-state index contributed by atoms with van der Waals surface area (Å²) in [6, 6.07) is 15.1. The van der Waals surface area contributed by atoms with Gasteiger partial charge in [0.15, 0.2) is 0 Å². The van der Waals surface area contributed by atoms with E-state index in [1.165, 1.54) is 6.20 Å². The van der Waals surface area contributed by atoms with Crippen molar-refractivity contribution in [1.29, 1.82) is 0 Å². The van der Waals surface area contributed by atoms with Crippen molar-refractivity contribution in [2.75, 3.05) is 0 Å². The molecule has 1 aromatic heterocycles. The second kappa shape index (κ2) is 15.5. The van der Waals surface area contributed by atoms with E-state index in [-0.39, 0.29) is 5.56 Å². The number of halogens is 5. The van der Waals surface area contributed by atoms with Gasteiger partial charge in [-0.05, 0) is 60.5 Å². The number of terminal acetylenes is 1. The second-order valence-corrected chi connectivity index (χ2v) is 7.20. The first-order valence-electron chi connectivity index (χ1n) is 10.3. The second-order valence-electron chi connectivity index (χ2n) is 6.76. The molecule has 2 aromatic carbocycles. The molecule has 0 spiro atoms. The molecule has 0 aliphatic heterocycles. The number of pyridine rings is 1. The Morgan fingerprint density at radius 3 is 2.09 bits per heavy atom. The molecule has 7 heteroatoms. The highest BCUT2D eigenvalue weighted by molar-refractivity contribution is 6.30. The lowest BCUT2D eigenvalue weighted by atomic mass is 9.88. The van der Waals surface area contributed by atoms with E-state index in [0.717, 1.165) is 17.7 Å². The molecular weight excluding hydrogens is 464 g/mol. The molecule has 2 nitrogen and oxygen atoms in total. The van der Waals surface area contributed by atoms with Gasteiger partial charge in [0.25, 0.3) is 0 Å². The Morgan fingerprint density at radius 2 is 1.62 bits per heavy atom. The molecule has 0 saturated heterocycles. The molecular formula is C27H29ClF4N2. The fraction of sp³-hybridized carbons (Fsp3) is 0.222. The van der Waals surface area contributed by atoms with Gasteiger partial charge in [-0.2, -0.15) is 13.2 Å². The van der Waals surface area contributed by atoms with Crippen LogP contribution in [0.3, 0.4) is 0 Å². The quantitative estimate of drug-likeness (QED) is 0.296. The average molecular weight is 493 g/mol.